The molecule has 0 aliphatic heterocycles. The predicted octanol–water partition coefficient (Wildman–Crippen LogP) is 6.98. The maximum atomic E-state index is 13.5. The topological polar surface area (TPSA) is 45.7 Å². The van der Waals surface area contributed by atoms with Gasteiger partial charge in [-0.1, -0.05) is 36.8 Å². The SMILES string of the molecule is CCN(CC)CCN(C(=O)c1cc(C(F)(F)F)cc(C(F)(F)F)c1)c1nc2c(OC)ccc(Cl)c2s1. The van der Waals surface area contributed by atoms with Gasteiger partial charge in [-0.15, -0.1) is 0 Å². The second-order valence-electron chi connectivity index (χ2n) is 7.70. The molecule has 196 valence electrons. The maximum absolute atomic E-state index is 13.5. The monoisotopic (exact) mass is 553 g/mol. The van der Waals surface area contributed by atoms with Crippen LogP contribution in [0.25, 0.3) is 10.2 Å². The molecule has 0 unspecified atom stereocenters. The molecule has 36 heavy (non-hydrogen) atoms. The van der Waals surface area contributed by atoms with Crippen LogP contribution in [0, 0.1) is 0 Å². The van der Waals surface area contributed by atoms with Crippen molar-refractivity contribution in [1.82, 2.24) is 9.88 Å². The van der Waals surface area contributed by atoms with Crippen LogP contribution in [0.2, 0.25) is 5.02 Å². The molecule has 3 rings (SSSR count). The van der Waals surface area contributed by atoms with Crippen molar-refractivity contribution in [2.75, 3.05) is 38.2 Å². The Morgan fingerprint density at radius 3 is 2.08 bits per heavy atom. The van der Waals surface area contributed by atoms with Crippen LogP contribution in [-0.2, 0) is 12.4 Å². The Balaban J connectivity index is 2.16. The molecule has 0 saturated carbocycles. The molecule has 3 aromatic rings. The number of alkyl halides is 6. The molecule has 0 saturated heterocycles. The minimum atomic E-state index is -5.08. The van der Waals surface area contributed by atoms with Crippen molar-refractivity contribution in [3.05, 3.63) is 52.0 Å². The lowest BCUT2D eigenvalue weighted by Crippen LogP contribution is -2.39. The minimum absolute atomic E-state index is 0.0145. The fourth-order valence-electron chi connectivity index (χ4n) is 3.52. The van der Waals surface area contributed by atoms with Crippen LogP contribution >= 0.6 is 22.9 Å². The number of carbonyl (C=O) groups excluding carboxylic acids is 1. The van der Waals surface area contributed by atoms with E-state index < -0.39 is 35.0 Å². The van der Waals surface area contributed by atoms with Crippen molar-refractivity contribution in [2.24, 2.45) is 0 Å². The number of likely N-dealkylation sites (N-methyl/N-ethyl adjacent to an activating group) is 1. The largest absolute Gasteiger partial charge is 0.494 e. The Bertz CT molecular complexity index is 1210. The van der Waals surface area contributed by atoms with E-state index in [1.165, 1.54) is 7.11 Å². The highest BCUT2D eigenvalue weighted by Gasteiger charge is 2.38. The van der Waals surface area contributed by atoms with Gasteiger partial charge in [0, 0.05) is 18.7 Å². The third kappa shape index (κ3) is 6.04. The van der Waals surface area contributed by atoms with E-state index >= 15 is 0 Å². The van der Waals surface area contributed by atoms with Gasteiger partial charge in [-0.2, -0.15) is 26.3 Å². The first-order valence-corrected chi connectivity index (χ1v) is 12.0. The van der Waals surface area contributed by atoms with E-state index in [1.807, 2.05) is 18.7 Å². The Morgan fingerprint density at radius 2 is 1.58 bits per heavy atom. The number of anilines is 1. The second kappa shape index (κ2) is 10.8. The molecule has 5 nitrogen and oxygen atoms in total. The van der Waals surface area contributed by atoms with Crippen LogP contribution in [0.1, 0.15) is 35.3 Å². The summed E-state index contributed by atoms with van der Waals surface area (Å²) in [6.07, 6.45) is -10.2. The highest BCUT2D eigenvalue weighted by atomic mass is 35.5. The average Bonchev–Trinajstić information content (AvgIpc) is 3.26. The van der Waals surface area contributed by atoms with E-state index in [1.54, 1.807) is 12.1 Å². The Labute approximate surface area is 212 Å². The quantitative estimate of drug-likeness (QED) is 0.282. The Kier molecular flexibility index (Phi) is 8.41. The summed E-state index contributed by atoms with van der Waals surface area (Å²) >= 11 is 7.26. The molecule has 0 atom stereocenters. The number of methoxy groups -OCH3 is 1. The zero-order chi connectivity index (χ0) is 26.8. The van der Waals surface area contributed by atoms with Gasteiger partial charge in [0.25, 0.3) is 5.91 Å². The third-order valence-electron chi connectivity index (χ3n) is 5.51. The number of fused-ring (bicyclic) bond motifs is 1. The van der Waals surface area contributed by atoms with Crippen LogP contribution in [0.4, 0.5) is 31.5 Å². The molecule has 0 fully saturated rings. The summed E-state index contributed by atoms with van der Waals surface area (Å²) in [5.41, 5.74) is -3.57. The summed E-state index contributed by atoms with van der Waals surface area (Å²) in [4.78, 5) is 20.9. The minimum Gasteiger partial charge on any atom is -0.494 e. The molecule has 0 spiro atoms. The summed E-state index contributed by atoms with van der Waals surface area (Å²) in [5, 5.41) is 0.378. The Hall–Kier alpha value is -2.57. The number of hydrogen-bond donors (Lipinski definition) is 0. The molecule has 13 heteroatoms. The zero-order valence-electron chi connectivity index (χ0n) is 19.4. The molecule has 1 amide bonds. The number of nitrogens with zero attached hydrogens (tertiary/aromatic N) is 3. The number of aromatic nitrogens is 1. The van der Waals surface area contributed by atoms with Crippen LogP contribution in [0.5, 0.6) is 5.75 Å². The van der Waals surface area contributed by atoms with Crippen LogP contribution in [0.3, 0.4) is 0 Å². The predicted molar refractivity (Wildman–Crippen MR) is 127 cm³/mol. The van der Waals surface area contributed by atoms with E-state index in [4.69, 9.17) is 16.3 Å². The number of amides is 1. The summed E-state index contributed by atoms with van der Waals surface area (Å²) in [7, 11) is 1.41. The Morgan fingerprint density at radius 1 is 1.00 bits per heavy atom. The summed E-state index contributed by atoms with van der Waals surface area (Å²) in [6, 6.07) is 3.96. The molecule has 1 heterocycles. The van der Waals surface area contributed by atoms with Crippen molar-refractivity contribution in [2.45, 2.75) is 26.2 Å². The van der Waals surface area contributed by atoms with Gasteiger partial charge in [0.15, 0.2) is 5.13 Å². The number of carbonyl (C=O) groups is 1. The number of halogens is 7. The van der Waals surface area contributed by atoms with Crippen LogP contribution in [-0.4, -0.2) is 49.1 Å². The van der Waals surface area contributed by atoms with Gasteiger partial charge in [-0.05, 0) is 43.4 Å². The highest BCUT2D eigenvalue weighted by molar-refractivity contribution is 7.23. The normalized spacial score (nSPS) is 12.4. The molecule has 1 aromatic heterocycles. The average molecular weight is 554 g/mol. The van der Waals surface area contributed by atoms with Gasteiger partial charge >= 0.3 is 12.4 Å². The fraction of sp³-hybridized carbons (Fsp3) is 0.391. The van der Waals surface area contributed by atoms with E-state index in [0.717, 1.165) is 16.2 Å². The molecule has 0 aliphatic rings. The molecule has 0 bridgehead atoms. The van der Waals surface area contributed by atoms with E-state index in [-0.39, 0.29) is 17.7 Å². The number of benzene rings is 2. The van der Waals surface area contributed by atoms with Crippen molar-refractivity contribution in [3.8, 4) is 5.75 Å². The second-order valence-corrected chi connectivity index (χ2v) is 9.09. The summed E-state index contributed by atoms with van der Waals surface area (Å²) < 4.78 is 86.1. The van der Waals surface area contributed by atoms with Crippen molar-refractivity contribution in [1.29, 1.82) is 0 Å². The van der Waals surface area contributed by atoms with Crippen molar-refractivity contribution >= 4 is 44.2 Å². The van der Waals surface area contributed by atoms with Gasteiger partial charge in [0.2, 0.25) is 0 Å². The lowest BCUT2D eigenvalue weighted by Gasteiger charge is -2.25. The number of thiazole rings is 1. The summed E-state index contributed by atoms with van der Waals surface area (Å²) in [5.74, 6) is -0.695. The number of rotatable bonds is 8. The molecule has 2 aromatic carbocycles. The van der Waals surface area contributed by atoms with E-state index in [0.29, 0.717) is 52.8 Å². The highest BCUT2D eigenvalue weighted by Crippen LogP contribution is 2.40. The maximum Gasteiger partial charge on any atom is 0.416 e. The molecule has 0 N–H and O–H groups in total. The van der Waals surface area contributed by atoms with Crippen LogP contribution in [0.15, 0.2) is 30.3 Å². The fourth-order valence-corrected chi connectivity index (χ4v) is 4.80. The smallest absolute Gasteiger partial charge is 0.416 e. The molecule has 0 radical (unpaired) electrons. The standard InChI is InChI=1S/C23H22ClF6N3O2S/c1-4-32(5-2)8-9-33(21-31-18-17(35-3)7-6-16(24)19(18)36-21)20(34)13-10-14(22(25,26)27)12-15(11-13)23(28,29)30/h6-7,10-12H,4-5,8-9H2,1-3H3. The van der Waals surface area contributed by atoms with Gasteiger partial charge in [-0.25, -0.2) is 4.98 Å². The number of hydrogen-bond acceptors (Lipinski definition) is 5. The van der Waals surface area contributed by atoms with Crippen molar-refractivity contribution in [3.63, 3.8) is 0 Å². The van der Waals surface area contributed by atoms with Crippen LogP contribution < -0.4 is 9.64 Å². The first kappa shape index (κ1) is 28.0. The number of ether oxygens (including phenoxy) is 1. The lowest BCUT2D eigenvalue weighted by atomic mass is 10.0. The van der Waals surface area contributed by atoms with Gasteiger partial charge in [0.1, 0.15) is 11.3 Å². The first-order valence-electron chi connectivity index (χ1n) is 10.8. The van der Waals surface area contributed by atoms with Gasteiger partial charge in [-0.3, -0.25) is 9.69 Å². The van der Waals surface area contributed by atoms with E-state index in [2.05, 4.69) is 4.98 Å². The van der Waals surface area contributed by atoms with Gasteiger partial charge in [0.05, 0.1) is 28.0 Å². The molecule has 0 aliphatic carbocycles. The third-order valence-corrected chi connectivity index (χ3v) is 7.05. The zero-order valence-corrected chi connectivity index (χ0v) is 21.0. The van der Waals surface area contributed by atoms with E-state index in [9.17, 15) is 31.1 Å². The lowest BCUT2D eigenvalue weighted by molar-refractivity contribution is -0.143. The molecular weight excluding hydrogens is 532 g/mol. The van der Waals surface area contributed by atoms with Gasteiger partial charge < -0.3 is 9.64 Å². The van der Waals surface area contributed by atoms with Crippen molar-refractivity contribution < 1.29 is 35.9 Å². The first-order chi connectivity index (χ1) is 16.8. The molecular formula is C23H22ClF6N3O2S. The summed E-state index contributed by atoms with van der Waals surface area (Å²) in [6.45, 7) is 5.31.